The van der Waals surface area contributed by atoms with Crippen molar-refractivity contribution >= 4 is 5.97 Å². The maximum atomic E-state index is 12.2. The lowest BCUT2D eigenvalue weighted by Gasteiger charge is -2.39. The number of rotatable bonds is 10. The summed E-state index contributed by atoms with van der Waals surface area (Å²) in [7, 11) is 0. The average molecular weight is 362 g/mol. The molecule has 2 fully saturated rings. The summed E-state index contributed by atoms with van der Waals surface area (Å²) < 4.78 is 5.71. The first kappa shape index (κ1) is 21.3. The molecule has 2 aliphatic carbocycles. The first-order valence-corrected chi connectivity index (χ1v) is 11.3. The molecule has 0 aliphatic heterocycles. The second-order valence-electron chi connectivity index (χ2n) is 8.69. The van der Waals surface area contributed by atoms with Crippen molar-refractivity contribution in [3.63, 3.8) is 0 Å². The van der Waals surface area contributed by atoms with E-state index in [2.05, 4.69) is 13.0 Å². The van der Waals surface area contributed by atoms with E-state index in [1.165, 1.54) is 64.2 Å². The second-order valence-corrected chi connectivity index (χ2v) is 8.69. The maximum Gasteiger partial charge on any atom is 0.307 e. The highest BCUT2D eigenvalue weighted by atomic mass is 16.6. The zero-order valence-corrected chi connectivity index (χ0v) is 16.9. The van der Waals surface area contributed by atoms with Crippen molar-refractivity contribution in [2.75, 3.05) is 0 Å². The lowest BCUT2D eigenvalue weighted by atomic mass is 9.70. The molecule has 0 radical (unpaired) electrons. The molecule has 0 spiro atoms. The van der Waals surface area contributed by atoms with E-state index in [4.69, 9.17) is 4.74 Å². The van der Waals surface area contributed by atoms with Gasteiger partial charge in [-0.15, -0.1) is 0 Å². The quantitative estimate of drug-likeness (QED) is 0.321. The maximum absolute atomic E-state index is 12.2. The predicted molar refractivity (Wildman–Crippen MR) is 106 cm³/mol. The summed E-state index contributed by atoms with van der Waals surface area (Å²) in [4.78, 5) is 12.2. The van der Waals surface area contributed by atoms with Crippen LogP contribution in [0.3, 0.4) is 0 Å². The molecule has 0 atom stereocenters. The third-order valence-corrected chi connectivity index (χ3v) is 6.65. The Balaban J connectivity index is 1.65. The van der Waals surface area contributed by atoms with Crippen LogP contribution in [0.25, 0.3) is 0 Å². The van der Waals surface area contributed by atoms with Crippen molar-refractivity contribution in [3.05, 3.63) is 0 Å². The van der Waals surface area contributed by atoms with E-state index in [-0.39, 0.29) is 5.97 Å². The van der Waals surface area contributed by atoms with Crippen LogP contribution in [-0.2, 0) is 9.53 Å². The number of carbonyl (C=O) groups excluding carboxylic acids is 1. The predicted octanol–water partition coefficient (Wildman–Crippen LogP) is 6.70. The molecule has 3 heteroatoms. The number of hydrogen-bond donors (Lipinski definition) is 0. The molecule has 0 aromatic heterocycles. The lowest BCUT2D eigenvalue weighted by molar-refractivity contribution is -0.158. The van der Waals surface area contributed by atoms with Gasteiger partial charge in [0.05, 0.1) is 0 Å². The fourth-order valence-corrected chi connectivity index (χ4v) is 4.92. The topological polar surface area (TPSA) is 50.1 Å². The van der Waals surface area contributed by atoms with Crippen molar-refractivity contribution in [2.24, 2.45) is 11.8 Å². The van der Waals surface area contributed by atoms with E-state index in [9.17, 15) is 10.1 Å². The molecule has 0 saturated heterocycles. The van der Waals surface area contributed by atoms with Gasteiger partial charge in [0.2, 0.25) is 0 Å². The normalized spacial score (nSPS) is 27.0. The summed E-state index contributed by atoms with van der Waals surface area (Å²) in [6, 6.07) is 2.35. The number of ether oxygens (including phenoxy) is 1. The number of unbranched alkanes of at least 4 members (excludes halogenated alkanes) is 6. The molecule has 148 valence electrons. The molecule has 2 saturated carbocycles. The van der Waals surface area contributed by atoms with Gasteiger partial charge in [0, 0.05) is 19.3 Å². The first-order chi connectivity index (χ1) is 12.7. The Kier molecular flexibility index (Phi) is 9.51. The molecule has 0 N–H and O–H groups in total. The molecule has 0 bridgehead atoms. The molecule has 3 nitrogen and oxygen atoms in total. The van der Waals surface area contributed by atoms with Crippen LogP contribution in [0.2, 0.25) is 0 Å². The van der Waals surface area contributed by atoms with Crippen molar-refractivity contribution in [1.29, 1.82) is 5.26 Å². The monoisotopic (exact) mass is 361 g/mol. The van der Waals surface area contributed by atoms with Crippen LogP contribution < -0.4 is 0 Å². The summed E-state index contributed by atoms with van der Waals surface area (Å²) in [5.74, 6) is 1.44. The zero-order valence-electron chi connectivity index (χ0n) is 16.9. The van der Waals surface area contributed by atoms with Crippen LogP contribution in [-0.4, -0.2) is 11.6 Å². The summed E-state index contributed by atoms with van der Waals surface area (Å²) in [5, 5.41) is 9.65. The van der Waals surface area contributed by atoms with Gasteiger partial charge in [-0.2, -0.15) is 5.26 Å². The van der Waals surface area contributed by atoms with Gasteiger partial charge in [0.15, 0.2) is 5.60 Å². The molecular formula is C23H39NO2. The minimum atomic E-state index is -0.830. The highest BCUT2D eigenvalue weighted by Crippen LogP contribution is 2.42. The van der Waals surface area contributed by atoms with Gasteiger partial charge >= 0.3 is 5.97 Å². The minimum absolute atomic E-state index is 0.156. The summed E-state index contributed by atoms with van der Waals surface area (Å²) >= 11 is 0. The van der Waals surface area contributed by atoms with Gasteiger partial charge in [0.1, 0.15) is 6.07 Å². The fraction of sp³-hybridized carbons (Fsp3) is 0.913. The van der Waals surface area contributed by atoms with Gasteiger partial charge in [-0.05, 0) is 31.1 Å². The van der Waals surface area contributed by atoms with E-state index in [1.807, 2.05) is 0 Å². The van der Waals surface area contributed by atoms with Gasteiger partial charge in [0.25, 0.3) is 0 Å². The number of esters is 1. The van der Waals surface area contributed by atoms with Gasteiger partial charge in [-0.25, -0.2) is 0 Å². The van der Waals surface area contributed by atoms with Gasteiger partial charge in [-0.3, -0.25) is 4.79 Å². The van der Waals surface area contributed by atoms with E-state index in [0.29, 0.717) is 6.42 Å². The third-order valence-electron chi connectivity index (χ3n) is 6.65. The molecule has 0 amide bonds. The smallest absolute Gasteiger partial charge is 0.307 e. The molecule has 0 heterocycles. The number of nitriles is 1. The molecule has 0 aromatic carbocycles. The first-order valence-electron chi connectivity index (χ1n) is 11.3. The Labute approximate surface area is 160 Å². The Morgan fingerprint density at radius 3 is 2.12 bits per heavy atom. The van der Waals surface area contributed by atoms with Crippen molar-refractivity contribution in [1.82, 2.24) is 0 Å². The minimum Gasteiger partial charge on any atom is -0.444 e. The van der Waals surface area contributed by atoms with Crippen LogP contribution in [0.4, 0.5) is 0 Å². The van der Waals surface area contributed by atoms with Crippen molar-refractivity contribution < 1.29 is 9.53 Å². The number of nitrogens with zero attached hydrogens (tertiary/aromatic N) is 1. The molecule has 0 unspecified atom stereocenters. The lowest BCUT2D eigenvalue weighted by Crippen LogP contribution is -2.39. The van der Waals surface area contributed by atoms with Crippen LogP contribution >= 0.6 is 0 Å². The van der Waals surface area contributed by atoms with Crippen molar-refractivity contribution in [2.45, 2.75) is 122 Å². The number of hydrogen-bond acceptors (Lipinski definition) is 3. The Morgan fingerprint density at radius 1 is 0.923 bits per heavy atom. The second kappa shape index (κ2) is 11.6. The highest BCUT2D eigenvalue weighted by Gasteiger charge is 2.40. The molecule has 2 aliphatic rings. The van der Waals surface area contributed by atoms with Crippen molar-refractivity contribution in [3.8, 4) is 6.07 Å². The summed E-state index contributed by atoms with van der Waals surface area (Å²) in [5.41, 5.74) is -0.830. The summed E-state index contributed by atoms with van der Waals surface area (Å²) in [6.07, 6.45) is 19.3. The van der Waals surface area contributed by atoms with E-state index in [0.717, 1.165) is 50.4 Å². The Hall–Kier alpha value is -1.04. The summed E-state index contributed by atoms with van der Waals surface area (Å²) in [6.45, 7) is 2.23. The largest absolute Gasteiger partial charge is 0.444 e. The zero-order chi connectivity index (χ0) is 18.7. The Bertz CT molecular complexity index is 440. The van der Waals surface area contributed by atoms with E-state index < -0.39 is 5.60 Å². The van der Waals surface area contributed by atoms with Crippen LogP contribution in [0, 0.1) is 23.2 Å². The number of carbonyl (C=O) groups is 1. The fourth-order valence-electron chi connectivity index (χ4n) is 4.92. The van der Waals surface area contributed by atoms with E-state index >= 15 is 0 Å². The SMILES string of the molecule is CCCCCCCCCC(=O)OC1(C#N)CCC(C2CCCCC2)CC1. The highest BCUT2D eigenvalue weighted by molar-refractivity contribution is 5.70. The van der Waals surface area contributed by atoms with Crippen LogP contribution in [0.15, 0.2) is 0 Å². The standard InChI is InChI=1S/C23H39NO2/c1-2-3-4-5-6-7-11-14-22(25)26-23(19-24)17-15-21(16-18-23)20-12-9-8-10-13-20/h20-21H,2-18H2,1H3. The van der Waals surface area contributed by atoms with Crippen LogP contribution in [0.1, 0.15) is 116 Å². The molecule has 0 aromatic rings. The molecule has 26 heavy (non-hydrogen) atoms. The molecular weight excluding hydrogens is 322 g/mol. The van der Waals surface area contributed by atoms with Gasteiger partial charge in [-0.1, -0.05) is 77.6 Å². The third kappa shape index (κ3) is 6.93. The average Bonchev–Trinajstić information content (AvgIpc) is 2.68. The van der Waals surface area contributed by atoms with E-state index in [1.54, 1.807) is 0 Å². The Morgan fingerprint density at radius 2 is 1.50 bits per heavy atom. The molecule has 2 rings (SSSR count). The van der Waals surface area contributed by atoms with Crippen LogP contribution in [0.5, 0.6) is 0 Å². The van der Waals surface area contributed by atoms with Gasteiger partial charge < -0.3 is 4.74 Å².